The van der Waals surface area contributed by atoms with Gasteiger partial charge in [0.05, 0.1) is 6.61 Å². The van der Waals surface area contributed by atoms with Crippen molar-refractivity contribution in [2.45, 2.75) is 70.9 Å². The van der Waals surface area contributed by atoms with Crippen LogP contribution in [-0.4, -0.2) is 49.2 Å². The van der Waals surface area contributed by atoms with E-state index in [2.05, 4.69) is 17.1 Å². The Kier molecular flexibility index (Phi) is 7.52. The summed E-state index contributed by atoms with van der Waals surface area (Å²) in [4.78, 5) is 14.6. The standard InChI is InChI=1S/C16H32N2O2/c1-5-9-14-10-7-8-12-18(14)13-11-16(3,17-4)15(19)20-6-2/h14,17H,5-13H2,1-4H3. The number of esters is 1. The number of nitrogens with zero attached hydrogens (tertiary/aromatic N) is 1. The maximum atomic E-state index is 12.1. The number of likely N-dealkylation sites (N-methyl/N-ethyl adjacent to an activating group) is 1. The van der Waals surface area contributed by atoms with Gasteiger partial charge >= 0.3 is 5.97 Å². The summed E-state index contributed by atoms with van der Waals surface area (Å²) < 4.78 is 5.19. The third-order valence-corrected chi connectivity index (χ3v) is 4.55. The van der Waals surface area contributed by atoms with Crippen molar-refractivity contribution >= 4 is 5.97 Å². The summed E-state index contributed by atoms with van der Waals surface area (Å²) in [6, 6.07) is 0.706. The van der Waals surface area contributed by atoms with Gasteiger partial charge in [0.2, 0.25) is 0 Å². The largest absolute Gasteiger partial charge is 0.465 e. The molecule has 0 spiro atoms. The Morgan fingerprint density at radius 2 is 2.15 bits per heavy atom. The van der Waals surface area contributed by atoms with Crippen molar-refractivity contribution in [3.05, 3.63) is 0 Å². The van der Waals surface area contributed by atoms with Gasteiger partial charge in [-0.2, -0.15) is 0 Å². The molecule has 4 nitrogen and oxygen atoms in total. The molecule has 1 fully saturated rings. The molecule has 2 unspecified atom stereocenters. The van der Waals surface area contributed by atoms with E-state index in [0.717, 1.165) is 13.0 Å². The number of carbonyl (C=O) groups excluding carboxylic acids is 1. The predicted octanol–water partition coefficient (Wildman–Crippen LogP) is 2.57. The molecule has 1 heterocycles. The second-order valence-corrected chi connectivity index (χ2v) is 6.03. The van der Waals surface area contributed by atoms with Gasteiger partial charge in [-0.15, -0.1) is 0 Å². The second-order valence-electron chi connectivity index (χ2n) is 6.03. The molecule has 118 valence electrons. The summed E-state index contributed by atoms with van der Waals surface area (Å²) in [5.74, 6) is -0.133. The molecule has 1 aliphatic heterocycles. The van der Waals surface area contributed by atoms with Gasteiger partial charge in [-0.1, -0.05) is 19.8 Å². The van der Waals surface area contributed by atoms with E-state index >= 15 is 0 Å². The zero-order valence-corrected chi connectivity index (χ0v) is 13.7. The second kappa shape index (κ2) is 8.63. The summed E-state index contributed by atoms with van der Waals surface area (Å²) >= 11 is 0. The topological polar surface area (TPSA) is 41.6 Å². The van der Waals surface area contributed by atoms with E-state index in [1.54, 1.807) is 0 Å². The fourth-order valence-corrected chi connectivity index (χ4v) is 3.00. The number of rotatable bonds is 8. The van der Waals surface area contributed by atoms with Gasteiger partial charge in [0.1, 0.15) is 5.54 Å². The van der Waals surface area contributed by atoms with Crippen molar-refractivity contribution in [3.63, 3.8) is 0 Å². The lowest BCUT2D eigenvalue weighted by molar-refractivity contribution is -0.150. The molecule has 1 saturated heterocycles. The lowest BCUT2D eigenvalue weighted by Crippen LogP contribution is -2.52. The normalized spacial score (nSPS) is 23.3. The fourth-order valence-electron chi connectivity index (χ4n) is 3.00. The van der Waals surface area contributed by atoms with E-state index in [-0.39, 0.29) is 5.97 Å². The van der Waals surface area contributed by atoms with Gasteiger partial charge in [-0.05, 0) is 53.1 Å². The maximum Gasteiger partial charge on any atom is 0.326 e. The number of nitrogens with one attached hydrogen (secondary N) is 1. The lowest BCUT2D eigenvalue weighted by Gasteiger charge is -2.38. The Hall–Kier alpha value is -0.610. The average molecular weight is 284 g/mol. The highest BCUT2D eigenvalue weighted by atomic mass is 16.5. The molecule has 2 atom stereocenters. The molecule has 0 bridgehead atoms. The molecule has 1 N–H and O–H groups in total. The van der Waals surface area contributed by atoms with Crippen molar-refractivity contribution in [2.24, 2.45) is 0 Å². The minimum Gasteiger partial charge on any atom is -0.465 e. The first-order valence-electron chi connectivity index (χ1n) is 8.17. The third kappa shape index (κ3) is 4.74. The van der Waals surface area contributed by atoms with E-state index in [4.69, 9.17) is 4.74 Å². The van der Waals surface area contributed by atoms with E-state index in [1.807, 2.05) is 20.9 Å². The predicted molar refractivity (Wildman–Crippen MR) is 82.8 cm³/mol. The molecule has 0 radical (unpaired) electrons. The van der Waals surface area contributed by atoms with Crippen molar-refractivity contribution in [3.8, 4) is 0 Å². The number of hydrogen-bond acceptors (Lipinski definition) is 4. The van der Waals surface area contributed by atoms with Crippen molar-refractivity contribution < 1.29 is 9.53 Å². The lowest BCUT2D eigenvalue weighted by atomic mass is 9.94. The van der Waals surface area contributed by atoms with Gasteiger partial charge in [-0.25, -0.2) is 0 Å². The van der Waals surface area contributed by atoms with Crippen LogP contribution in [0.15, 0.2) is 0 Å². The van der Waals surface area contributed by atoms with E-state index in [1.165, 1.54) is 38.6 Å². The van der Waals surface area contributed by atoms with E-state index in [0.29, 0.717) is 12.6 Å². The molecule has 0 aromatic rings. The van der Waals surface area contributed by atoms with Crippen LogP contribution in [0.5, 0.6) is 0 Å². The van der Waals surface area contributed by atoms with Crippen LogP contribution >= 0.6 is 0 Å². The van der Waals surface area contributed by atoms with Crippen LogP contribution < -0.4 is 5.32 Å². The van der Waals surface area contributed by atoms with Crippen LogP contribution in [0.25, 0.3) is 0 Å². The molecule has 1 aliphatic rings. The first kappa shape index (κ1) is 17.4. The summed E-state index contributed by atoms with van der Waals surface area (Å²) in [7, 11) is 1.84. The zero-order chi connectivity index (χ0) is 15.0. The Morgan fingerprint density at radius 1 is 1.40 bits per heavy atom. The van der Waals surface area contributed by atoms with Crippen molar-refractivity contribution in [1.82, 2.24) is 10.2 Å². The van der Waals surface area contributed by atoms with Crippen molar-refractivity contribution in [2.75, 3.05) is 26.7 Å². The van der Waals surface area contributed by atoms with Crippen LogP contribution in [0.1, 0.15) is 59.3 Å². The minimum atomic E-state index is -0.565. The SMILES string of the molecule is CCCC1CCCCN1CCC(C)(NC)C(=O)OCC. The van der Waals surface area contributed by atoms with Crippen LogP contribution in [-0.2, 0) is 9.53 Å². The van der Waals surface area contributed by atoms with Crippen LogP contribution in [0.3, 0.4) is 0 Å². The summed E-state index contributed by atoms with van der Waals surface area (Å²) in [5, 5.41) is 3.15. The summed E-state index contributed by atoms with van der Waals surface area (Å²) in [5.41, 5.74) is -0.565. The molecule has 20 heavy (non-hydrogen) atoms. The molecule has 0 saturated carbocycles. The number of carbonyl (C=O) groups is 1. The fraction of sp³-hybridized carbons (Fsp3) is 0.938. The highest BCUT2D eigenvalue weighted by Gasteiger charge is 2.34. The number of ether oxygens (including phenoxy) is 1. The molecular weight excluding hydrogens is 252 g/mol. The molecule has 0 aromatic heterocycles. The van der Waals surface area contributed by atoms with E-state index < -0.39 is 5.54 Å². The van der Waals surface area contributed by atoms with Crippen LogP contribution in [0.2, 0.25) is 0 Å². The Morgan fingerprint density at radius 3 is 2.75 bits per heavy atom. The number of likely N-dealkylation sites (tertiary alicyclic amines) is 1. The molecule has 0 aromatic carbocycles. The Bertz CT molecular complexity index is 294. The number of hydrogen-bond donors (Lipinski definition) is 1. The minimum absolute atomic E-state index is 0.133. The van der Waals surface area contributed by atoms with Gasteiger partial charge in [0.25, 0.3) is 0 Å². The first-order valence-corrected chi connectivity index (χ1v) is 8.17. The molecule has 1 rings (SSSR count). The van der Waals surface area contributed by atoms with Gasteiger partial charge in [-0.3, -0.25) is 4.79 Å². The van der Waals surface area contributed by atoms with Gasteiger partial charge in [0.15, 0.2) is 0 Å². The first-order chi connectivity index (χ1) is 9.57. The Labute approximate surface area is 124 Å². The van der Waals surface area contributed by atoms with Gasteiger partial charge in [0, 0.05) is 12.6 Å². The van der Waals surface area contributed by atoms with Crippen LogP contribution in [0, 0.1) is 0 Å². The molecule has 0 amide bonds. The average Bonchev–Trinajstić information content (AvgIpc) is 2.46. The summed E-state index contributed by atoms with van der Waals surface area (Å²) in [6.07, 6.45) is 7.27. The third-order valence-electron chi connectivity index (χ3n) is 4.55. The highest BCUT2D eigenvalue weighted by Crippen LogP contribution is 2.23. The van der Waals surface area contributed by atoms with Gasteiger partial charge < -0.3 is 15.0 Å². The van der Waals surface area contributed by atoms with E-state index in [9.17, 15) is 4.79 Å². The zero-order valence-electron chi connectivity index (χ0n) is 13.7. The highest BCUT2D eigenvalue weighted by molar-refractivity contribution is 5.80. The molecule has 4 heteroatoms. The molecular formula is C16H32N2O2. The Balaban J connectivity index is 2.55. The smallest absolute Gasteiger partial charge is 0.326 e. The molecule has 0 aliphatic carbocycles. The summed E-state index contributed by atoms with van der Waals surface area (Å²) in [6.45, 7) is 8.65. The number of piperidine rings is 1. The van der Waals surface area contributed by atoms with Crippen molar-refractivity contribution in [1.29, 1.82) is 0 Å². The van der Waals surface area contributed by atoms with Crippen LogP contribution in [0.4, 0.5) is 0 Å². The monoisotopic (exact) mass is 284 g/mol. The quantitative estimate of drug-likeness (QED) is 0.696. The maximum absolute atomic E-state index is 12.1.